The van der Waals surface area contributed by atoms with Crippen molar-refractivity contribution >= 4 is 43.5 Å². The SMILES string of the molecule is c1ccc(-c2nc(-c3ccc(-c4ccccc4)c(-c4cccc5ccccc45)c3)nc(-c3ccc(-c4ccc5ccccc5c4)c4oc5ccccc5c34)n2)cc1. The number of aromatic nitrogens is 3. The summed E-state index contributed by atoms with van der Waals surface area (Å²) in [6, 6.07) is 69.9. The Morgan fingerprint density at radius 2 is 0.895 bits per heavy atom. The van der Waals surface area contributed by atoms with Crippen LogP contribution in [0, 0.1) is 0 Å². The number of fused-ring (bicyclic) bond motifs is 5. The highest BCUT2D eigenvalue weighted by molar-refractivity contribution is 6.16. The van der Waals surface area contributed by atoms with Crippen molar-refractivity contribution in [2.24, 2.45) is 0 Å². The van der Waals surface area contributed by atoms with Crippen LogP contribution in [0.2, 0.25) is 0 Å². The van der Waals surface area contributed by atoms with E-state index in [1.165, 1.54) is 21.5 Å². The van der Waals surface area contributed by atoms with E-state index in [0.717, 1.165) is 72.0 Å². The molecule has 4 nitrogen and oxygen atoms in total. The molecule has 0 unspecified atom stereocenters. The summed E-state index contributed by atoms with van der Waals surface area (Å²) in [5.41, 5.74) is 11.0. The molecule has 0 amide bonds. The lowest BCUT2D eigenvalue weighted by molar-refractivity contribution is 0.670. The molecule has 0 atom stereocenters. The van der Waals surface area contributed by atoms with Crippen LogP contribution < -0.4 is 0 Å². The van der Waals surface area contributed by atoms with Crippen molar-refractivity contribution in [3.05, 3.63) is 200 Å². The highest BCUT2D eigenvalue weighted by Crippen LogP contribution is 2.43. The highest BCUT2D eigenvalue weighted by Gasteiger charge is 2.22. The monoisotopic (exact) mass is 727 g/mol. The smallest absolute Gasteiger partial charge is 0.164 e. The Labute approximate surface area is 329 Å². The molecule has 0 aliphatic rings. The average molecular weight is 728 g/mol. The Bertz CT molecular complexity index is 3290. The number of rotatable bonds is 6. The van der Waals surface area contributed by atoms with Gasteiger partial charge in [0.1, 0.15) is 11.2 Å². The molecule has 0 saturated carbocycles. The molecule has 0 aliphatic carbocycles. The maximum Gasteiger partial charge on any atom is 0.164 e. The van der Waals surface area contributed by atoms with Crippen LogP contribution in [0.15, 0.2) is 205 Å². The maximum absolute atomic E-state index is 6.73. The topological polar surface area (TPSA) is 51.8 Å². The second-order valence-electron chi connectivity index (χ2n) is 14.4. The van der Waals surface area contributed by atoms with E-state index in [1.54, 1.807) is 0 Å². The molecule has 11 rings (SSSR count). The first-order chi connectivity index (χ1) is 28.2. The fraction of sp³-hybridized carbons (Fsp3) is 0. The van der Waals surface area contributed by atoms with E-state index >= 15 is 0 Å². The lowest BCUT2D eigenvalue weighted by atomic mass is 9.90. The van der Waals surface area contributed by atoms with Gasteiger partial charge in [-0.15, -0.1) is 0 Å². The number of furan rings is 1. The zero-order valence-corrected chi connectivity index (χ0v) is 30.8. The first kappa shape index (κ1) is 32.7. The van der Waals surface area contributed by atoms with Crippen molar-refractivity contribution in [2.75, 3.05) is 0 Å². The van der Waals surface area contributed by atoms with Crippen molar-refractivity contribution < 1.29 is 4.42 Å². The lowest BCUT2D eigenvalue weighted by Gasteiger charge is -2.15. The van der Waals surface area contributed by atoms with Crippen LogP contribution in [-0.2, 0) is 0 Å². The highest BCUT2D eigenvalue weighted by atomic mass is 16.3. The Hall–Kier alpha value is -7.69. The molecule has 266 valence electrons. The standard InChI is InChI=1S/C53H33N3O/c1-3-15-35(16-4-1)42-29-28-40(33-47(42)44-24-13-21-36-17-9-10-22-41(36)44)52-54-51(37-18-5-2-6-19-37)55-53(56-52)46-31-30-43(39-27-26-34-14-7-8-20-38(34)32-39)50-49(46)45-23-11-12-25-48(45)57-50/h1-33H. The minimum atomic E-state index is 0.583. The molecular weight excluding hydrogens is 695 g/mol. The van der Waals surface area contributed by atoms with Crippen LogP contribution in [0.3, 0.4) is 0 Å². The molecule has 0 N–H and O–H groups in total. The van der Waals surface area contributed by atoms with Crippen LogP contribution in [0.25, 0.3) is 111 Å². The van der Waals surface area contributed by atoms with Crippen LogP contribution in [0.4, 0.5) is 0 Å². The van der Waals surface area contributed by atoms with E-state index in [9.17, 15) is 0 Å². The predicted molar refractivity (Wildman–Crippen MR) is 235 cm³/mol. The van der Waals surface area contributed by atoms with Crippen LogP contribution in [-0.4, -0.2) is 15.0 Å². The number of benzene rings is 9. The molecule has 4 heteroatoms. The van der Waals surface area contributed by atoms with E-state index in [2.05, 4.69) is 170 Å². The zero-order valence-electron chi connectivity index (χ0n) is 30.8. The number of para-hydroxylation sites is 1. The lowest BCUT2D eigenvalue weighted by Crippen LogP contribution is -2.01. The summed E-state index contributed by atoms with van der Waals surface area (Å²) in [4.78, 5) is 15.7. The van der Waals surface area contributed by atoms with Crippen LogP contribution >= 0.6 is 0 Å². The van der Waals surface area contributed by atoms with Gasteiger partial charge in [0.15, 0.2) is 17.5 Å². The van der Waals surface area contributed by atoms with Crippen molar-refractivity contribution in [3.8, 4) is 67.5 Å². The summed E-state index contributed by atoms with van der Waals surface area (Å²) < 4.78 is 6.73. The summed E-state index contributed by atoms with van der Waals surface area (Å²) in [6.07, 6.45) is 0. The van der Waals surface area contributed by atoms with Crippen molar-refractivity contribution in [1.29, 1.82) is 0 Å². The van der Waals surface area contributed by atoms with Gasteiger partial charge in [0, 0.05) is 33.0 Å². The molecule has 0 spiro atoms. The largest absolute Gasteiger partial charge is 0.455 e. The molecular formula is C53H33N3O. The Morgan fingerprint density at radius 1 is 0.298 bits per heavy atom. The first-order valence-corrected chi connectivity index (χ1v) is 19.2. The van der Waals surface area contributed by atoms with Gasteiger partial charge in [0.05, 0.1) is 0 Å². The van der Waals surface area contributed by atoms with E-state index < -0.39 is 0 Å². The number of hydrogen-bond acceptors (Lipinski definition) is 4. The number of hydrogen-bond donors (Lipinski definition) is 0. The predicted octanol–water partition coefficient (Wildman–Crippen LogP) is 14.1. The molecule has 0 bridgehead atoms. The van der Waals surface area contributed by atoms with Gasteiger partial charge in [-0.2, -0.15) is 0 Å². The van der Waals surface area contributed by atoms with Crippen molar-refractivity contribution in [3.63, 3.8) is 0 Å². The normalized spacial score (nSPS) is 11.5. The molecule has 2 heterocycles. The molecule has 0 saturated heterocycles. The van der Waals surface area contributed by atoms with E-state index in [-0.39, 0.29) is 0 Å². The Morgan fingerprint density at radius 3 is 1.72 bits per heavy atom. The van der Waals surface area contributed by atoms with Crippen LogP contribution in [0.1, 0.15) is 0 Å². The van der Waals surface area contributed by atoms with E-state index in [0.29, 0.717) is 17.5 Å². The summed E-state index contributed by atoms with van der Waals surface area (Å²) in [5.74, 6) is 1.79. The maximum atomic E-state index is 6.73. The summed E-state index contributed by atoms with van der Waals surface area (Å²) in [6.45, 7) is 0. The summed E-state index contributed by atoms with van der Waals surface area (Å²) in [7, 11) is 0. The molecule has 0 radical (unpaired) electrons. The molecule has 0 fully saturated rings. The van der Waals surface area contributed by atoms with Gasteiger partial charge in [-0.05, 0) is 79.7 Å². The quantitative estimate of drug-likeness (QED) is 0.171. The second-order valence-corrected chi connectivity index (χ2v) is 14.4. The molecule has 2 aromatic heterocycles. The van der Waals surface area contributed by atoms with Crippen molar-refractivity contribution in [1.82, 2.24) is 15.0 Å². The fourth-order valence-corrected chi connectivity index (χ4v) is 8.18. The summed E-state index contributed by atoms with van der Waals surface area (Å²) in [5, 5.41) is 6.75. The third-order valence-electron chi connectivity index (χ3n) is 10.9. The summed E-state index contributed by atoms with van der Waals surface area (Å²) >= 11 is 0. The Kier molecular flexibility index (Phi) is 7.78. The zero-order chi connectivity index (χ0) is 37.7. The molecule has 11 aromatic rings. The molecule has 57 heavy (non-hydrogen) atoms. The van der Waals surface area contributed by atoms with E-state index in [4.69, 9.17) is 19.4 Å². The van der Waals surface area contributed by atoms with Gasteiger partial charge < -0.3 is 4.42 Å². The minimum Gasteiger partial charge on any atom is -0.455 e. The average Bonchev–Trinajstić information content (AvgIpc) is 3.68. The third-order valence-corrected chi connectivity index (χ3v) is 10.9. The Balaban J connectivity index is 1.15. The minimum absolute atomic E-state index is 0.583. The van der Waals surface area contributed by atoms with E-state index in [1.807, 2.05) is 30.3 Å². The third kappa shape index (κ3) is 5.74. The molecule has 0 aliphatic heterocycles. The van der Waals surface area contributed by atoms with Gasteiger partial charge in [-0.1, -0.05) is 170 Å². The van der Waals surface area contributed by atoms with Crippen molar-refractivity contribution in [2.45, 2.75) is 0 Å². The van der Waals surface area contributed by atoms with Gasteiger partial charge in [0.2, 0.25) is 0 Å². The fourth-order valence-electron chi connectivity index (χ4n) is 8.18. The number of nitrogens with zero attached hydrogens (tertiary/aromatic N) is 3. The van der Waals surface area contributed by atoms with Gasteiger partial charge in [0.25, 0.3) is 0 Å². The second kappa shape index (κ2) is 13.6. The van der Waals surface area contributed by atoms with Gasteiger partial charge in [-0.25, -0.2) is 15.0 Å². The van der Waals surface area contributed by atoms with Gasteiger partial charge in [-0.3, -0.25) is 0 Å². The molecule has 9 aromatic carbocycles. The first-order valence-electron chi connectivity index (χ1n) is 19.2. The van der Waals surface area contributed by atoms with Crippen LogP contribution in [0.5, 0.6) is 0 Å². The van der Waals surface area contributed by atoms with Gasteiger partial charge >= 0.3 is 0 Å².